The molecule has 1 N–H and O–H groups in total. The van der Waals surface area contributed by atoms with Crippen molar-refractivity contribution in [3.63, 3.8) is 0 Å². The fourth-order valence-electron chi connectivity index (χ4n) is 3.22. The molecule has 2 aromatic heterocycles. The van der Waals surface area contributed by atoms with Crippen molar-refractivity contribution in [1.82, 2.24) is 10.5 Å². The lowest BCUT2D eigenvalue weighted by molar-refractivity contribution is 0.0946. The van der Waals surface area contributed by atoms with E-state index in [0.29, 0.717) is 34.1 Å². The summed E-state index contributed by atoms with van der Waals surface area (Å²) in [6, 6.07) is 13.6. The zero-order chi connectivity index (χ0) is 22.7. The number of rotatable bonds is 7. The first-order valence-electron chi connectivity index (χ1n) is 9.61. The molecular formula is C23H20N2O7. The van der Waals surface area contributed by atoms with Crippen molar-refractivity contribution in [1.29, 1.82) is 0 Å². The highest BCUT2D eigenvalue weighted by molar-refractivity contribution is 5.97. The second-order valence-electron chi connectivity index (χ2n) is 6.76. The fourth-order valence-corrected chi connectivity index (χ4v) is 3.22. The van der Waals surface area contributed by atoms with E-state index in [1.165, 1.54) is 13.2 Å². The number of nitrogens with zero attached hydrogens (tertiary/aromatic N) is 1. The fraction of sp³-hybridized carbons (Fsp3) is 0.174. The van der Waals surface area contributed by atoms with Crippen molar-refractivity contribution in [2.24, 2.45) is 0 Å². The van der Waals surface area contributed by atoms with Crippen LogP contribution in [0.3, 0.4) is 0 Å². The predicted octanol–water partition coefficient (Wildman–Crippen LogP) is 3.40. The highest BCUT2D eigenvalue weighted by Gasteiger charge is 2.17. The Morgan fingerprint density at radius 1 is 0.969 bits per heavy atom. The quantitative estimate of drug-likeness (QED) is 0.439. The van der Waals surface area contributed by atoms with Gasteiger partial charge in [0.25, 0.3) is 5.91 Å². The summed E-state index contributed by atoms with van der Waals surface area (Å²) < 4.78 is 26.4. The minimum Gasteiger partial charge on any atom is -0.493 e. The average molecular weight is 436 g/mol. The molecule has 2 heterocycles. The summed E-state index contributed by atoms with van der Waals surface area (Å²) >= 11 is 0. The Kier molecular flexibility index (Phi) is 5.80. The van der Waals surface area contributed by atoms with Crippen LogP contribution in [0.25, 0.3) is 22.3 Å². The molecule has 0 fully saturated rings. The van der Waals surface area contributed by atoms with E-state index in [2.05, 4.69) is 10.5 Å². The largest absolute Gasteiger partial charge is 0.493 e. The van der Waals surface area contributed by atoms with Crippen LogP contribution in [0.4, 0.5) is 0 Å². The van der Waals surface area contributed by atoms with Gasteiger partial charge in [0.05, 0.1) is 27.9 Å². The number of fused-ring (bicyclic) bond motifs is 1. The lowest BCUT2D eigenvalue weighted by Crippen LogP contribution is -2.28. The summed E-state index contributed by atoms with van der Waals surface area (Å²) in [5.74, 6) is 1.47. The predicted molar refractivity (Wildman–Crippen MR) is 115 cm³/mol. The molecule has 0 aliphatic rings. The molecule has 9 heteroatoms. The van der Waals surface area contributed by atoms with Crippen molar-refractivity contribution in [2.75, 3.05) is 21.3 Å². The zero-order valence-corrected chi connectivity index (χ0v) is 17.6. The molecule has 0 spiro atoms. The molecule has 0 saturated heterocycles. The second-order valence-corrected chi connectivity index (χ2v) is 6.76. The minimum absolute atomic E-state index is 0.0607. The maximum absolute atomic E-state index is 12.6. The molecule has 0 atom stereocenters. The van der Waals surface area contributed by atoms with Crippen molar-refractivity contribution in [3.8, 4) is 28.6 Å². The van der Waals surface area contributed by atoms with Gasteiger partial charge in [0.15, 0.2) is 28.6 Å². The first-order valence-corrected chi connectivity index (χ1v) is 9.61. The third kappa shape index (κ3) is 4.00. The molecule has 0 saturated carbocycles. The van der Waals surface area contributed by atoms with Crippen LogP contribution in [0.2, 0.25) is 0 Å². The van der Waals surface area contributed by atoms with Gasteiger partial charge in [0.1, 0.15) is 11.3 Å². The summed E-state index contributed by atoms with van der Waals surface area (Å²) in [7, 11) is 4.57. The Hall–Kier alpha value is -4.27. The van der Waals surface area contributed by atoms with E-state index in [4.69, 9.17) is 23.2 Å². The van der Waals surface area contributed by atoms with Gasteiger partial charge in [-0.2, -0.15) is 0 Å². The highest BCUT2D eigenvalue weighted by Crippen LogP contribution is 2.32. The number of carbonyl (C=O) groups is 1. The van der Waals surface area contributed by atoms with E-state index in [9.17, 15) is 9.59 Å². The van der Waals surface area contributed by atoms with Crippen LogP contribution in [0.5, 0.6) is 17.2 Å². The third-order valence-electron chi connectivity index (χ3n) is 4.85. The number of methoxy groups -OCH3 is 3. The Morgan fingerprint density at radius 3 is 2.50 bits per heavy atom. The molecule has 2 aromatic carbocycles. The van der Waals surface area contributed by atoms with E-state index in [-0.39, 0.29) is 17.7 Å². The Balaban J connectivity index is 1.50. The lowest BCUT2D eigenvalue weighted by atomic mass is 10.1. The first-order chi connectivity index (χ1) is 15.5. The molecule has 0 aliphatic heterocycles. The summed E-state index contributed by atoms with van der Waals surface area (Å²) in [4.78, 5) is 24.9. The van der Waals surface area contributed by atoms with Gasteiger partial charge in [-0.05, 0) is 30.3 Å². The van der Waals surface area contributed by atoms with E-state index < -0.39 is 11.5 Å². The summed E-state index contributed by atoms with van der Waals surface area (Å²) in [6.45, 7) is 0.0607. The van der Waals surface area contributed by atoms with E-state index >= 15 is 0 Å². The molecule has 9 nitrogen and oxygen atoms in total. The molecule has 0 aliphatic carbocycles. The molecular weight excluding hydrogens is 416 g/mol. The van der Waals surface area contributed by atoms with Gasteiger partial charge in [-0.15, -0.1) is 0 Å². The van der Waals surface area contributed by atoms with Crippen molar-refractivity contribution in [3.05, 3.63) is 70.2 Å². The van der Waals surface area contributed by atoms with Crippen LogP contribution in [0, 0.1) is 0 Å². The van der Waals surface area contributed by atoms with Crippen LogP contribution in [-0.4, -0.2) is 32.4 Å². The number of aromatic nitrogens is 1. The average Bonchev–Trinajstić information content (AvgIpc) is 3.30. The number of carbonyl (C=O) groups excluding carboxylic acids is 1. The van der Waals surface area contributed by atoms with Crippen molar-refractivity contribution in [2.45, 2.75) is 6.54 Å². The number of ether oxygens (including phenoxy) is 3. The Labute approximate surface area is 182 Å². The number of nitrogens with one attached hydrogen (secondary N) is 1. The maximum atomic E-state index is 12.6. The number of hydrogen-bond donors (Lipinski definition) is 1. The van der Waals surface area contributed by atoms with Crippen LogP contribution < -0.4 is 25.2 Å². The normalized spacial score (nSPS) is 10.7. The van der Waals surface area contributed by atoms with Gasteiger partial charge < -0.3 is 28.5 Å². The Bertz CT molecular complexity index is 1340. The molecule has 0 radical (unpaired) electrons. The molecule has 4 aromatic rings. The highest BCUT2D eigenvalue weighted by atomic mass is 16.5. The molecule has 0 bridgehead atoms. The van der Waals surface area contributed by atoms with Gasteiger partial charge in [-0.25, -0.2) is 4.79 Å². The van der Waals surface area contributed by atoms with E-state index in [1.807, 2.05) is 0 Å². The smallest absolute Gasteiger partial charge is 0.349 e. The molecule has 164 valence electrons. The Morgan fingerprint density at radius 2 is 1.75 bits per heavy atom. The molecule has 0 unspecified atom stereocenters. The lowest BCUT2D eigenvalue weighted by Gasteiger charge is -2.07. The molecule has 4 rings (SSSR count). The number of benzene rings is 2. The standard InChI is InChI=1S/C23H20N2O7/c1-28-17-8-7-13(10-20(17)30-3)19-11-15(25-32-19)12-24-22(26)16-9-14-5-4-6-18(29-2)21(14)31-23(16)27/h4-11H,12H2,1-3H3,(H,24,26). The molecule has 1 amide bonds. The van der Waals surface area contributed by atoms with Gasteiger partial charge in [-0.3, -0.25) is 4.79 Å². The van der Waals surface area contributed by atoms with E-state index in [1.54, 1.807) is 56.7 Å². The van der Waals surface area contributed by atoms with Crippen molar-refractivity contribution < 1.29 is 27.9 Å². The number of amides is 1. The van der Waals surface area contributed by atoms with Gasteiger partial charge in [-0.1, -0.05) is 17.3 Å². The maximum Gasteiger partial charge on any atom is 0.349 e. The summed E-state index contributed by atoms with van der Waals surface area (Å²) in [6.07, 6.45) is 0. The van der Waals surface area contributed by atoms with Crippen LogP contribution in [0.1, 0.15) is 16.1 Å². The topological polar surface area (TPSA) is 113 Å². The summed E-state index contributed by atoms with van der Waals surface area (Å²) in [5.41, 5.74) is 0.625. The number of para-hydroxylation sites is 1. The minimum atomic E-state index is -0.759. The third-order valence-corrected chi connectivity index (χ3v) is 4.85. The first kappa shape index (κ1) is 21.0. The van der Waals surface area contributed by atoms with Crippen LogP contribution in [-0.2, 0) is 6.54 Å². The van der Waals surface area contributed by atoms with Crippen LogP contribution in [0.15, 0.2) is 62.3 Å². The second kappa shape index (κ2) is 8.84. The molecule has 32 heavy (non-hydrogen) atoms. The van der Waals surface area contributed by atoms with Crippen molar-refractivity contribution >= 4 is 16.9 Å². The summed E-state index contributed by atoms with van der Waals surface area (Å²) in [5, 5.41) is 7.20. The van der Waals surface area contributed by atoms with Crippen LogP contribution >= 0.6 is 0 Å². The zero-order valence-electron chi connectivity index (χ0n) is 17.6. The SMILES string of the molecule is COc1ccc(-c2cc(CNC(=O)c3cc4cccc(OC)c4oc3=O)no2)cc1OC. The van der Waals surface area contributed by atoms with Gasteiger partial charge in [0, 0.05) is 17.0 Å². The monoisotopic (exact) mass is 436 g/mol. The van der Waals surface area contributed by atoms with Gasteiger partial charge >= 0.3 is 5.63 Å². The van der Waals surface area contributed by atoms with Gasteiger partial charge in [0.2, 0.25) is 0 Å². The van der Waals surface area contributed by atoms with E-state index in [0.717, 1.165) is 5.56 Å². The number of hydrogen-bond acceptors (Lipinski definition) is 8.